The summed E-state index contributed by atoms with van der Waals surface area (Å²) in [5.41, 5.74) is 7.59. The van der Waals surface area contributed by atoms with Gasteiger partial charge in [0.15, 0.2) is 0 Å². The molecule has 1 atom stereocenters. The molecule has 0 spiro atoms. The van der Waals surface area contributed by atoms with Crippen LogP contribution in [0.15, 0.2) is 66.9 Å². The van der Waals surface area contributed by atoms with E-state index < -0.39 is 6.10 Å². The summed E-state index contributed by atoms with van der Waals surface area (Å²) < 4.78 is 2.02. The standard InChI is InChI=1S/C25H24N6O/c1-3-6-19-15-31-22(14-9-16(2)25(31)26-19)23(32)18-12-10-17(11-13-18)20-7-4-5-8-21(20)24-27-29-30-28-24/h4-5,7-15,23,32H,3,6H2,1-2H3,(H,27,28,29,30)/t23-/m1/s1. The lowest BCUT2D eigenvalue weighted by Gasteiger charge is -2.15. The van der Waals surface area contributed by atoms with E-state index in [-0.39, 0.29) is 0 Å². The zero-order valence-electron chi connectivity index (χ0n) is 18.0. The van der Waals surface area contributed by atoms with Gasteiger partial charge in [0.1, 0.15) is 11.8 Å². The van der Waals surface area contributed by atoms with Crippen molar-refractivity contribution < 1.29 is 5.11 Å². The van der Waals surface area contributed by atoms with Crippen molar-refractivity contribution in [3.8, 4) is 22.5 Å². The van der Waals surface area contributed by atoms with Crippen molar-refractivity contribution in [3.05, 3.63) is 89.4 Å². The molecule has 5 rings (SSSR count). The van der Waals surface area contributed by atoms with E-state index in [1.54, 1.807) is 0 Å². The molecule has 0 bridgehead atoms. The van der Waals surface area contributed by atoms with E-state index in [0.29, 0.717) is 5.82 Å². The number of aromatic amines is 1. The van der Waals surface area contributed by atoms with Gasteiger partial charge in [0, 0.05) is 11.8 Å². The Labute approximate surface area is 185 Å². The number of imidazole rings is 1. The van der Waals surface area contributed by atoms with Crippen molar-refractivity contribution in [1.82, 2.24) is 30.0 Å². The van der Waals surface area contributed by atoms with Crippen LogP contribution in [-0.2, 0) is 6.42 Å². The molecular formula is C25H24N6O. The average Bonchev–Trinajstić information content (AvgIpc) is 3.50. The van der Waals surface area contributed by atoms with Crippen LogP contribution in [0.1, 0.15) is 42.0 Å². The molecule has 0 aliphatic rings. The lowest BCUT2D eigenvalue weighted by molar-refractivity contribution is 0.214. The van der Waals surface area contributed by atoms with Gasteiger partial charge in [-0.05, 0) is 46.9 Å². The van der Waals surface area contributed by atoms with Gasteiger partial charge in [-0.3, -0.25) is 0 Å². The first-order valence-electron chi connectivity index (χ1n) is 10.7. The van der Waals surface area contributed by atoms with Crippen molar-refractivity contribution in [2.45, 2.75) is 32.8 Å². The zero-order chi connectivity index (χ0) is 22.1. The molecule has 160 valence electrons. The van der Waals surface area contributed by atoms with Crippen LogP contribution in [0.4, 0.5) is 0 Å². The van der Waals surface area contributed by atoms with E-state index in [2.05, 4.69) is 27.5 Å². The van der Waals surface area contributed by atoms with Gasteiger partial charge in [0.2, 0.25) is 5.82 Å². The van der Waals surface area contributed by atoms with Crippen molar-refractivity contribution in [1.29, 1.82) is 0 Å². The number of nitrogens with one attached hydrogen (secondary N) is 1. The lowest BCUT2D eigenvalue weighted by atomic mass is 9.96. The van der Waals surface area contributed by atoms with Crippen LogP contribution < -0.4 is 0 Å². The van der Waals surface area contributed by atoms with Gasteiger partial charge in [-0.25, -0.2) is 4.98 Å². The number of nitrogens with zero attached hydrogens (tertiary/aromatic N) is 5. The molecule has 7 heteroatoms. The molecule has 0 saturated heterocycles. The number of hydrogen-bond donors (Lipinski definition) is 2. The first kappa shape index (κ1) is 20.1. The van der Waals surface area contributed by atoms with Crippen molar-refractivity contribution in [2.75, 3.05) is 0 Å². The predicted molar refractivity (Wildman–Crippen MR) is 123 cm³/mol. The van der Waals surface area contributed by atoms with Gasteiger partial charge in [-0.1, -0.05) is 67.9 Å². The summed E-state index contributed by atoms with van der Waals surface area (Å²) in [6.45, 7) is 4.19. The summed E-state index contributed by atoms with van der Waals surface area (Å²) >= 11 is 0. The van der Waals surface area contributed by atoms with Crippen molar-refractivity contribution >= 4 is 5.65 Å². The highest BCUT2D eigenvalue weighted by Gasteiger charge is 2.17. The van der Waals surface area contributed by atoms with Gasteiger partial charge >= 0.3 is 0 Å². The highest BCUT2D eigenvalue weighted by atomic mass is 16.3. The van der Waals surface area contributed by atoms with E-state index >= 15 is 0 Å². The maximum atomic E-state index is 11.2. The third kappa shape index (κ3) is 3.56. The number of fused-ring (bicyclic) bond motifs is 1. The number of aliphatic hydroxyl groups is 1. The number of H-pyrrole nitrogens is 1. The van der Waals surface area contributed by atoms with E-state index in [1.165, 1.54) is 0 Å². The molecule has 0 fully saturated rings. The second-order valence-electron chi connectivity index (χ2n) is 7.92. The molecule has 5 aromatic rings. The van der Waals surface area contributed by atoms with Crippen LogP contribution in [0.3, 0.4) is 0 Å². The molecule has 0 unspecified atom stereocenters. The molecule has 7 nitrogen and oxygen atoms in total. The third-order valence-electron chi connectivity index (χ3n) is 5.73. The summed E-state index contributed by atoms with van der Waals surface area (Å²) in [4.78, 5) is 4.76. The molecule has 3 heterocycles. The molecule has 0 amide bonds. The number of rotatable bonds is 6. The predicted octanol–water partition coefficient (Wildman–Crippen LogP) is 4.52. The molecule has 0 aliphatic heterocycles. The smallest absolute Gasteiger partial charge is 0.205 e. The summed E-state index contributed by atoms with van der Waals surface area (Å²) in [6.07, 6.45) is 3.24. The maximum absolute atomic E-state index is 11.2. The van der Waals surface area contributed by atoms with Crippen LogP contribution in [0.5, 0.6) is 0 Å². The highest BCUT2D eigenvalue weighted by molar-refractivity contribution is 5.80. The Bertz CT molecular complexity index is 1360. The number of hydrogen-bond acceptors (Lipinski definition) is 5. The van der Waals surface area contributed by atoms with Crippen LogP contribution in [0.2, 0.25) is 0 Å². The van der Waals surface area contributed by atoms with E-state index in [9.17, 15) is 5.11 Å². The molecule has 0 radical (unpaired) electrons. The van der Waals surface area contributed by atoms with Crippen LogP contribution in [-0.4, -0.2) is 35.1 Å². The third-order valence-corrected chi connectivity index (χ3v) is 5.73. The second kappa shape index (κ2) is 8.36. The quantitative estimate of drug-likeness (QED) is 0.418. The van der Waals surface area contributed by atoms with Crippen molar-refractivity contribution in [3.63, 3.8) is 0 Å². The maximum Gasteiger partial charge on any atom is 0.205 e. The SMILES string of the molecule is CCCc1cn2c([C@H](O)c3ccc(-c4ccccc4-c4nn[nH]n4)cc3)ccc(C)c2n1. The Kier molecular flexibility index (Phi) is 5.25. The summed E-state index contributed by atoms with van der Waals surface area (Å²) in [5, 5.41) is 25.6. The fourth-order valence-corrected chi connectivity index (χ4v) is 4.09. The van der Waals surface area contributed by atoms with Gasteiger partial charge in [0.25, 0.3) is 0 Å². The Morgan fingerprint density at radius 3 is 2.50 bits per heavy atom. The fourth-order valence-electron chi connectivity index (χ4n) is 4.09. The first-order chi connectivity index (χ1) is 15.7. The molecular weight excluding hydrogens is 400 g/mol. The normalized spacial score (nSPS) is 12.3. The zero-order valence-corrected chi connectivity index (χ0v) is 18.0. The molecule has 32 heavy (non-hydrogen) atoms. The molecule has 2 aromatic carbocycles. The van der Waals surface area contributed by atoms with Crippen LogP contribution in [0, 0.1) is 6.92 Å². The van der Waals surface area contributed by atoms with Gasteiger partial charge in [0.05, 0.1) is 11.4 Å². The lowest BCUT2D eigenvalue weighted by Crippen LogP contribution is -2.06. The summed E-state index contributed by atoms with van der Waals surface area (Å²) in [5.74, 6) is 0.551. The average molecular weight is 425 g/mol. The number of tetrazole rings is 1. The number of aromatic nitrogens is 6. The van der Waals surface area contributed by atoms with Crippen LogP contribution in [0.25, 0.3) is 28.2 Å². The Morgan fingerprint density at radius 2 is 1.78 bits per heavy atom. The Balaban J connectivity index is 1.50. The van der Waals surface area contributed by atoms with Crippen molar-refractivity contribution in [2.24, 2.45) is 0 Å². The minimum Gasteiger partial charge on any atom is -0.382 e. The van der Waals surface area contributed by atoms with Crippen LogP contribution >= 0.6 is 0 Å². The molecule has 2 N–H and O–H groups in total. The minimum absolute atomic E-state index is 0.551. The number of pyridine rings is 1. The summed E-state index contributed by atoms with van der Waals surface area (Å²) in [6, 6.07) is 19.9. The van der Waals surface area contributed by atoms with Gasteiger partial charge in [-0.2, -0.15) is 5.21 Å². The topological polar surface area (TPSA) is 92.0 Å². The van der Waals surface area contributed by atoms with E-state index in [4.69, 9.17) is 4.98 Å². The molecule has 0 aliphatic carbocycles. The molecule has 0 saturated carbocycles. The second-order valence-corrected chi connectivity index (χ2v) is 7.92. The first-order valence-corrected chi connectivity index (χ1v) is 10.7. The van der Waals surface area contributed by atoms with E-state index in [0.717, 1.165) is 57.7 Å². The number of aryl methyl sites for hydroxylation is 2. The Hall–Kier alpha value is -3.84. The minimum atomic E-state index is -0.761. The molecule has 3 aromatic heterocycles. The largest absolute Gasteiger partial charge is 0.382 e. The van der Waals surface area contributed by atoms with Gasteiger partial charge in [-0.15, -0.1) is 10.2 Å². The van der Waals surface area contributed by atoms with E-state index in [1.807, 2.05) is 78.2 Å². The summed E-state index contributed by atoms with van der Waals surface area (Å²) in [7, 11) is 0. The number of aliphatic hydroxyl groups excluding tert-OH is 1. The highest BCUT2D eigenvalue weighted by Crippen LogP contribution is 2.32. The van der Waals surface area contributed by atoms with Gasteiger partial charge < -0.3 is 9.51 Å². The monoisotopic (exact) mass is 424 g/mol. The Morgan fingerprint density at radius 1 is 1.00 bits per heavy atom. The fraction of sp³-hybridized carbons (Fsp3) is 0.200. The number of benzene rings is 2.